The number of hydrogen-bond acceptors (Lipinski definition) is 3. The molecular formula is C16H26N2O2S. The molecule has 1 aromatic rings. The number of piperidine rings is 1. The third-order valence-corrected chi connectivity index (χ3v) is 5.98. The summed E-state index contributed by atoms with van der Waals surface area (Å²) in [5.74, 6) is 0.789. The van der Waals surface area contributed by atoms with Gasteiger partial charge in [-0.25, -0.2) is 13.1 Å². The maximum absolute atomic E-state index is 12.4. The lowest BCUT2D eigenvalue weighted by Crippen LogP contribution is -2.45. The molecule has 2 rings (SSSR count). The highest BCUT2D eigenvalue weighted by atomic mass is 32.2. The second-order valence-electron chi connectivity index (χ2n) is 6.18. The molecular weight excluding hydrogens is 284 g/mol. The van der Waals surface area contributed by atoms with Crippen molar-refractivity contribution in [2.45, 2.75) is 44.6 Å². The molecule has 1 aliphatic heterocycles. The lowest BCUT2D eigenvalue weighted by Gasteiger charge is -2.35. The number of sulfonamides is 1. The summed E-state index contributed by atoms with van der Waals surface area (Å²) in [6.45, 7) is 8.79. The monoisotopic (exact) mass is 310 g/mol. The Bertz CT molecular complexity index is 563. The van der Waals surface area contributed by atoms with E-state index in [-0.39, 0.29) is 6.04 Å². The summed E-state index contributed by atoms with van der Waals surface area (Å²) in [6.07, 6.45) is 2.41. The van der Waals surface area contributed by atoms with Crippen LogP contribution in [0.5, 0.6) is 0 Å². The molecule has 1 heterocycles. The Kier molecular flexibility index (Phi) is 5.41. The number of nitrogens with zero attached hydrogens (tertiary/aromatic N) is 1. The van der Waals surface area contributed by atoms with Crippen LogP contribution in [0.2, 0.25) is 0 Å². The lowest BCUT2D eigenvalue weighted by atomic mass is 9.98. The first-order valence-corrected chi connectivity index (χ1v) is 9.18. The maximum atomic E-state index is 12.4. The molecule has 4 nitrogen and oxygen atoms in total. The summed E-state index contributed by atoms with van der Waals surface area (Å²) < 4.78 is 27.5. The van der Waals surface area contributed by atoms with E-state index in [9.17, 15) is 8.42 Å². The Morgan fingerprint density at radius 3 is 2.52 bits per heavy atom. The molecule has 1 aliphatic rings. The largest absolute Gasteiger partial charge is 0.299 e. The summed E-state index contributed by atoms with van der Waals surface area (Å²) in [7, 11) is -3.41. The molecule has 0 spiro atoms. The maximum Gasteiger partial charge on any atom is 0.240 e. The third-order valence-electron chi connectivity index (χ3n) is 4.39. The van der Waals surface area contributed by atoms with Crippen molar-refractivity contribution in [2.24, 2.45) is 5.92 Å². The number of aryl methyl sites for hydroxylation is 1. The van der Waals surface area contributed by atoms with Gasteiger partial charge in [0, 0.05) is 12.6 Å². The average Bonchev–Trinajstić information content (AvgIpc) is 2.46. The zero-order chi connectivity index (χ0) is 15.5. The Hall–Kier alpha value is -0.910. The van der Waals surface area contributed by atoms with Gasteiger partial charge in [-0.15, -0.1) is 0 Å². The Labute approximate surface area is 128 Å². The fourth-order valence-electron chi connectivity index (χ4n) is 2.76. The molecule has 118 valence electrons. The zero-order valence-electron chi connectivity index (χ0n) is 13.2. The number of likely N-dealkylation sites (tertiary alicyclic amines) is 1. The quantitative estimate of drug-likeness (QED) is 0.908. The molecule has 0 saturated carbocycles. The normalized spacial score (nSPS) is 19.6. The van der Waals surface area contributed by atoms with Crippen molar-refractivity contribution < 1.29 is 8.42 Å². The minimum Gasteiger partial charge on any atom is -0.299 e. The molecule has 1 unspecified atom stereocenters. The molecule has 0 amide bonds. The number of hydrogen-bond donors (Lipinski definition) is 1. The first-order valence-electron chi connectivity index (χ1n) is 7.69. The highest BCUT2D eigenvalue weighted by molar-refractivity contribution is 7.89. The van der Waals surface area contributed by atoms with E-state index < -0.39 is 10.0 Å². The van der Waals surface area contributed by atoms with Crippen LogP contribution in [0.15, 0.2) is 29.2 Å². The second kappa shape index (κ2) is 6.90. The van der Waals surface area contributed by atoms with E-state index >= 15 is 0 Å². The SMILES string of the molecule is Cc1ccccc1S(=O)(=O)NCC(C)N1CCC(C)CC1. The van der Waals surface area contributed by atoms with Gasteiger partial charge in [0.05, 0.1) is 4.90 Å². The molecule has 1 saturated heterocycles. The van der Waals surface area contributed by atoms with Gasteiger partial charge in [0.15, 0.2) is 0 Å². The number of benzene rings is 1. The van der Waals surface area contributed by atoms with E-state index in [1.165, 1.54) is 12.8 Å². The molecule has 0 bridgehead atoms. The van der Waals surface area contributed by atoms with Crippen molar-refractivity contribution in [3.8, 4) is 0 Å². The summed E-state index contributed by atoms with van der Waals surface area (Å²) in [6, 6.07) is 7.33. The van der Waals surface area contributed by atoms with Gasteiger partial charge in [-0.05, 0) is 57.3 Å². The van der Waals surface area contributed by atoms with Crippen LogP contribution in [0.3, 0.4) is 0 Å². The molecule has 0 aliphatic carbocycles. The Balaban J connectivity index is 1.94. The van der Waals surface area contributed by atoms with Crippen molar-refractivity contribution in [2.75, 3.05) is 19.6 Å². The number of rotatable bonds is 5. The van der Waals surface area contributed by atoms with Crippen LogP contribution in [0.4, 0.5) is 0 Å². The molecule has 0 aromatic heterocycles. The predicted octanol–water partition coefficient (Wildman–Crippen LogP) is 2.39. The van der Waals surface area contributed by atoms with Gasteiger partial charge in [0.25, 0.3) is 0 Å². The highest BCUT2D eigenvalue weighted by Gasteiger charge is 2.22. The summed E-state index contributed by atoms with van der Waals surface area (Å²) in [5, 5.41) is 0. The van der Waals surface area contributed by atoms with Gasteiger partial charge < -0.3 is 0 Å². The standard InChI is InChI=1S/C16H26N2O2S/c1-13-8-10-18(11-9-13)15(3)12-17-21(19,20)16-7-5-4-6-14(16)2/h4-7,13,15,17H,8-12H2,1-3H3. The van der Waals surface area contributed by atoms with Crippen molar-refractivity contribution in [1.29, 1.82) is 0 Å². The summed E-state index contributed by atoms with van der Waals surface area (Å²) in [4.78, 5) is 2.75. The molecule has 1 N–H and O–H groups in total. The van der Waals surface area contributed by atoms with Gasteiger partial charge in [-0.3, -0.25) is 4.90 Å². The van der Waals surface area contributed by atoms with Crippen molar-refractivity contribution >= 4 is 10.0 Å². The van der Waals surface area contributed by atoms with E-state index in [1.807, 2.05) is 19.1 Å². The molecule has 1 aromatic carbocycles. The topological polar surface area (TPSA) is 49.4 Å². The van der Waals surface area contributed by atoms with Crippen LogP contribution < -0.4 is 4.72 Å². The average molecular weight is 310 g/mol. The van der Waals surface area contributed by atoms with Gasteiger partial charge in [0.1, 0.15) is 0 Å². The lowest BCUT2D eigenvalue weighted by molar-refractivity contribution is 0.148. The second-order valence-corrected chi connectivity index (χ2v) is 7.92. The molecule has 5 heteroatoms. The van der Waals surface area contributed by atoms with Gasteiger partial charge in [-0.1, -0.05) is 25.1 Å². The van der Waals surface area contributed by atoms with Gasteiger partial charge in [0.2, 0.25) is 10.0 Å². The van der Waals surface area contributed by atoms with Gasteiger partial charge in [-0.2, -0.15) is 0 Å². The summed E-state index contributed by atoms with van der Waals surface area (Å²) >= 11 is 0. The van der Waals surface area contributed by atoms with Crippen LogP contribution in [0, 0.1) is 12.8 Å². The fraction of sp³-hybridized carbons (Fsp3) is 0.625. The van der Waals surface area contributed by atoms with Crippen molar-refractivity contribution in [3.05, 3.63) is 29.8 Å². The molecule has 21 heavy (non-hydrogen) atoms. The predicted molar refractivity (Wildman–Crippen MR) is 85.8 cm³/mol. The van der Waals surface area contributed by atoms with E-state index in [0.717, 1.165) is 24.6 Å². The summed E-state index contributed by atoms with van der Waals surface area (Å²) in [5.41, 5.74) is 0.782. The van der Waals surface area contributed by atoms with Crippen molar-refractivity contribution in [1.82, 2.24) is 9.62 Å². The van der Waals surface area contributed by atoms with E-state index in [4.69, 9.17) is 0 Å². The van der Waals surface area contributed by atoms with Crippen LogP contribution in [-0.2, 0) is 10.0 Å². The van der Waals surface area contributed by atoms with Crippen LogP contribution in [0.25, 0.3) is 0 Å². The Morgan fingerprint density at radius 2 is 1.90 bits per heavy atom. The van der Waals surface area contributed by atoms with Gasteiger partial charge >= 0.3 is 0 Å². The Morgan fingerprint density at radius 1 is 1.29 bits per heavy atom. The van der Waals surface area contributed by atoms with Crippen LogP contribution in [0.1, 0.15) is 32.3 Å². The minimum absolute atomic E-state index is 0.233. The molecule has 0 radical (unpaired) electrons. The molecule has 1 atom stereocenters. The number of nitrogens with one attached hydrogen (secondary N) is 1. The smallest absolute Gasteiger partial charge is 0.240 e. The zero-order valence-corrected chi connectivity index (χ0v) is 14.0. The molecule has 1 fully saturated rings. The third kappa shape index (κ3) is 4.28. The first kappa shape index (κ1) is 16.5. The van der Waals surface area contributed by atoms with E-state index in [0.29, 0.717) is 11.4 Å². The first-order chi connectivity index (χ1) is 9.90. The van der Waals surface area contributed by atoms with Crippen LogP contribution >= 0.6 is 0 Å². The minimum atomic E-state index is -3.41. The van der Waals surface area contributed by atoms with E-state index in [2.05, 4.69) is 23.5 Å². The van der Waals surface area contributed by atoms with Crippen LogP contribution in [-0.4, -0.2) is 39.0 Å². The highest BCUT2D eigenvalue weighted by Crippen LogP contribution is 2.18. The fourth-order valence-corrected chi connectivity index (χ4v) is 4.13. The van der Waals surface area contributed by atoms with Crippen molar-refractivity contribution in [3.63, 3.8) is 0 Å². The van der Waals surface area contributed by atoms with E-state index in [1.54, 1.807) is 12.1 Å².